The first-order chi connectivity index (χ1) is 9.16. The van der Waals surface area contributed by atoms with Crippen molar-refractivity contribution in [2.75, 3.05) is 17.6 Å². The molecule has 100 valence electrons. The van der Waals surface area contributed by atoms with Crippen molar-refractivity contribution in [2.45, 2.75) is 11.8 Å². The lowest BCUT2D eigenvalue weighted by Crippen LogP contribution is -2.05. The van der Waals surface area contributed by atoms with Gasteiger partial charge in [-0.1, -0.05) is 18.2 Å². The van der Waals surface area contributed by atoms with Gasteiger partial charge in [0.25, 0.3) is 0 Å². The molecule has 0 atom stereocenters. The van der Waals surface area contributed by atoms with Crippen LogP contribution in [-0.4, -0.2) is 12.3 Å². The molecule has 0 aliphatic heterocycles. The van der Waals surface area contributed by atoms with E-state index in [0.29, 0.717) is 4.90 Å². The van der Waals surface area contributed by atoms with Crippen LogP contribution in [0.2, 0.25) is 0 Å². The van der Waals surface area contributed by atoms with Crippen LogP contribution in [0.1, 0.15) is 5.56 Å². The van der Waals surface area contributed by atoms with Gasteiger partial charge >= 0.3 is 0 Å². The molecule has 0 bridgehead atoms. The maximum atomic E-state index is 13.4. The molecule has 1 N–H and O–H groups in total. The Morgan fingerprint density at radius 2 is 1.89 bits per heavy atom. The number of thioether (sulfide) groups is 1. The van der Waals surface area contributed by atoms with Gasteiger partial charge in [-0.15, -0.1) is 11.8 Å². The summed E-state index contributed by atoms with van der Waals surface area (Å²) in [4.78, 5) is 0.480. The van der Waals surface area contributed by atoms with Gasteiger partial charge in [0.1, 0.15) is 11.6 Å². The number of para-hydroxylation sites is 1. The lowest BCUT2D eigenvalue weighted by molar-refractivity contribution is 0.566. The van der Waals surface area contributed by atoms with Crippen LogP contribution in [0.4, 0.5) is 14.5 Å². The topological polar surface area (TPSA) is 12.0 Å². The maximum Gasteiger partial charge on any atom is 0.139 e. The molecule has 0 heterocycles. The Labute approximate surface area is 116 Å². The number of nitrogens with one attached hydrogen (secondary N) is 1. The molecule has 2 rings (SSSR count). The molecule has 0 fully saturated rings. The molecule has 0 amide bonds. The molecule has 0 unspecified atom stereocenters. The molecule has 0 aliphatic rings. The van der Waals surface area contributed by atoms with Crippen molar-refractivity contribution in [1.82, 2.24) is 0 Å². The Balaban J connectivity index is 1.83. The third kappa shape index (κ3) is 3.96. The highest BCUT2D eigenvalue weighted by Crippen LogP contribution is 2.22. The van der Waals surface area contributed by atoms with E-state index in [-0.39, 0.29) is 0 Å². The van der Waals surface area contributed by atoms with E-state index in [1.165, 1.54) is 29.5 Å². The van der Waals surface area contributed by atoms with E-state index in [4.69, 9.17) is 0 Å². The zero-order valence-corrected chi connectivity index (χ0v) is 11.4. The first kappa shape index (κ1) is 13.9. The number of hydrogen-bond acceptors (Lipinski definition) is 2. The molecule has 19 heavy (non-hydrogen) atoms. The molecular weight excluding hydrogens is 264 g/mol. The van der Waals surface area contributed by atoms with Gasteiger partial charge in [0.2, 0.25) is 0 Å². The molecule has 4 heteroatoms. The summed E-state index contributed by atoms with van der Waals surface area (Å²) < 4.78 is 26.1. The highest BCUT2D eigenvalue weighted by Gasteiger charge is 2.04. The Morgan fingerprint density at radius 3 is 2.63 bits per heavy atom. The zero-order chi connectivity index (χ0) is 13.7. The molecule has 2 aromatic carbocycles. The lowest BCUT2D eigenvalue weighted by Gasteiger charge is -2.09. The van der Waals surface area contributed by atoms with Crippen LogP contribution in [0.5, 0.6) is 0 Å². The summed E-state index contributed by atoms with van der Waals surface area (Å²) in [5.74, 6) is -0.322. The van der Waals surface area contributed by atoms with Crippen molar-refractivity contribution in [3.8, 4) is 0 Å². The van der Waals surface area contributed by atoms with Gasteiger partial charge in [0, 0.05) is 28.9 Å². The van der Waals surface area contributed by atoms with E-state index < -0.39 is 11.6 Å². The fourth-order valence-corrected chi connectivity index (χ4v) is 2.50. The minimum Gasteiger partial charge on any atom is -0.384 e. The standard InChI is InChI=1S/C15H15F2NS/c1-11-4-2-3-5-14(11)18-8-9-19-15-7-6-12(16)10-13(15)17/h2-7,10,18H,8-9H2,1H3. The van der Waals surface area contributed by atoms with Crippen LogP contribution in [0.3, 0.4) is 0 Å². The zero-order valence-electron chi connectivity index (χ0n) is 10.6. The van der Waals surface area contributed by atoms with Crippen LogP contribution in [0, 0.1) is 18.6 Å². The van der Waals surface area contributed by atoms with Gasteiger partial charge in [-0.05, 0) is 30.7 Å². The van der Waals surface area contributed by atoms with E-state index >= 15 is 0 Å². The molecule has 0 radical (unpaired) electrons. The van der Waals surface area contributed by atoms with Gasteiger partial charge in [-0.2, -0.15) is 0 Å². The fraction of sp³-hybridized carbons (Fsp3) is 0.200. The Morgan fingerprint density at radius 1 is 1.11 bits per heavy atom. The summed E-state index contributed by atoms with van der Waals surface area (Å²) in [7, 11) is 0. The average molecular weight is 279 g/mol. The number of aryl methyl sites for hydroxylation is 1. The summed E-state index contributed by atoms with van der Waals surface area (Å²) in [6.45, 7) is 2.77. The van der Waals surface area contributed by atoms with Gasteiger partial charge in [0.15, 0.2) is 0 Å². The highest BCUT2D eigenvalue weighted by atomic mass is 32.2. The number of benzene rings is 2. The van der Waals surface area contributed by atoms with Crippen molar-refractivity contribution in [3.63, 3.8) is 0 Å². The summed E-state index contributed by atoms with van der Waals surface area (Å²) in [6, 6.07) is 11.7. The highest BCUT2D eigenvalue weighted by molar-refractivity contribution is 7.99. The van der Waals surface area contributed by atoms with E-state index in [2.05, 4.69) is 5.32 Å². The Hall–Kier alpha value is -1.55. The minimum atomic E-state index is -0.542. The van der Waals surface area contributed by atoms with Crippen LogP contribution in [-0.2, 0) is 0 Å². The van der Waals surface area contributed by atoms with Gasteiger partial charge < -0.3 is 5.32 Å². The smallest absolute Gasteiger partial charge is 0.139 e. The minimum absolute atomic E-state index is 0.480. The fourth-order valence-electron chi connectivity index (χ4n) is 1.71. The third-order valence-electron chi connectivity index (χ3n) is 2.71. The first-order valence-corrected chi connectivity index (χ1v) is 7.03. The quantitative estimate of drug-likeness (QED) is 0.640. The number of hydrogen-bond donors (Lipinski definition) is 1. The SMILES string of the molecule is Cc1ccccc1NCCSc1ccc(F)cc1F. The normalized spacial score (nSPS) is 10.5. The molecule has 2 aromatic rings. The van der Waals surface area contributed by atoms with Crippen molar-refractivity contribution in [2.24, 2.45) is 0 Å². The van der Waals surface area contributed by atoms with E-state index in [0.717, 1.165) is 24.1 Å². The molecular formula is C15H15F2NS. The monoisotopic (exact) mass is 279 g/mol. The first-order valence-electron chi connectivity index (χ1n) is 6.04. The summed E-state index contributed by atoms with van der Waals surface area (Å²) in [5, 5.41) is 3.30. The average Bonchev–Trinajstić information content (AvgIpc) is 2.38. The molecule has 0 saturated heterocycles. The van der Waals surface area contributed by atoms with E-state index in [9.17, 15) is 8.78 Å². The van der Waals surface area contributed by atoms with Gasteiger partial charge in [0.05, 0.1) is 0 Å². The Kier molecular flexibility index (Phi) is 4.80. The molecule has 0 saturated carbocycles. The van der Waals surface area contributed by atoms with Gasteiger partial charge in [-0.3, -0.25) is 0 Å². The molecule has 1 nitrogen and oxygen atoms in total. The van der Waals surface area contributed by atoms with Crippen LogP contribution in [0.15, 0.2) is 47.4 Å². The predicted molar refractivity (Wildman–Crippen MR) is 76.8 cm³/mol. The van der Waals surface area contributed by atoms with Crippen molar-refractivity contribution >= 4 is 17.4 Å². The van der Waals surface area contributed by atoms with Crippen molar-refractivity contribution in [1.29, 1.82) is 0 Å². The summed E-state index contributed by atoms with van der Waals surface area (Å²) >= 11 is 1.38. The lowest BCUT2D eigenvalue weighted by atomic mass is 10.2. The predicted octanol–water partition coefficient (Wildman–Crippen LogP) is 4.48. The second-order valence-electron chi connectivity index (χ2n) is 4.16. The van der Waals surface area contributed by atoms with Crippen LogP contribution >= 0.6 is 11.8 Å². The Bertz CT molecular complexity index is 558. The van der Waals surface area contributed by atoms with Crippen molar-refractivity contribution < 1.29 is 8.78 Å². The summed E-state index contributed by atoms with van der Waals surface area (Å²) in [5.41, 5.74) is 2.27. The molecule has 0 aliphatic carbocycles. The second kappa shape index (κ2) is 6.57. The molecule has 0 aromatic heterocycles. The van der Waals surface area contributed by atoms with E-state index in [1.54, 1.807) is 0 Å². The number of rotatable bonds is 5. The van der Waals surface area contributed by atoms with Gasteiger partial charge in [-0.25, -0.2) is 8.78 Å². The van der Waals surface area contributed by atoms with Crippen LogP contribution in [0.25, 0.3) is 0 Å². The summed E-state index contributed by atoms with van der Waals surface area (Å²) in [6.07, 6.45) is 0. The van der Waals surface area contributed by atoms with Crippen LogP contribution < -0.4 is 5.32 Å². The van der Waals surface area contributed by atoms with E-state index in [1.807, 2.05) is 31.2 Å². The largest absolute Gasteiger partial charge is 0.384 e. The van der Waals surface area contributed by atoms with Crippen molar-refractivity contribution in [3.05, 3.63) is 59.7 Å². The third-order valence-corrected chi connectivity index (χ3v) is 3.76. The second-order valence-corrected chi connectivity index (χ2v) is 5.30. The maximum absolute atomic E-state index is 13.4. The number of anilines is 1. The molecule has 0 spiro atoms. The number of halogens is 2.